The van der Waals surface area contributed by atoms with Gasteiger partial charge >= 0.3 is 0 Å². The van der Waals surface area contributed by atoms with E-state index >= 15 is 0 Å². The molecular formula is C20H19N3O3. The molecule has 0 saturated carbocycles. The molecular weight excluding hydrogens is 330 g/mol. The number of H-pyrrole nitrogens is 1. The highest BCUT2D eigenvalue weighted by Crippen LogP contribution is 2.13. The molecule has 2 N–H and O–H groups in total. The Bertz CT molecular complexity index is 1010. The van der Waals surface area contributed by atoms with Gasteiger partial charge in [0.05, 0.1) is 0 Å². The Morgan fingerprint density at radius 2 is 2.00 bits per heavy atom. The highest BCUT2D eigenvalue weighted by molar-refractivity contribution is 5.97. The predicted octanol–water partition coefficient (Wildman–Crippen LogP) is 2.51. The van der Waals surface area contributed by atoms with Gasteiger partial charge in [-0.25, -0.2) is 0 Å². The van der Waals surface area contributed by atoms with Crippen LogP contribution in [0.3, 0.4) is 0 Å². The lowest BCUT2D eigenvalue weighted by Gasteiger charge is -2.07. The van der Waals surface area contributed by atoms with Gasteiger partial charge in [0.2, 0.25) is 5.91 Å². The van der Waals surface area contributed by atoms with Gasteiger partial charge in [-0.2, -0.15) is 0 Å². The largest absolute Gasteiger partial charge is 0.352 e. The van der Waals surface area contributed by atoms with E-state index in [4.69, 9.17) is 0 Å². The average Bonchev–Trinajstić information content (AvgIpc) is 2.65. The fraction of sp³-hybridized carbons (Fsp3) is 0.200. The van der Waals surface area contributed by atoms with Crippen molar-refractivity contribution >= 4 is 22.6 Å². The Kier molecular flexibility index (Phi) is 5.22. The standard InChI is InChI=1S/C20H19N3O3/c1-13-4-5-17-15(9-13)10-16(20(26)23-17)12-22-19(25)7-6-18(24)14-3-2-8-21-11-14/h2-5,8-11H,6-7,12H2,1H3,(H,22,25)(H,23,26). The average molecular weight is 349 g/mol. The third-order valence-corrected chi connectivity index (χ3v) is 4.12. The first-order valence-corrected chi connectivity index (χ1v) is 8.35. The van der Waals surface area contributed by atoms with Crippen LogP contribution in [0.5, 0.6) is 0 Å². The number of nitrogens with zero attached hydrogens (tertiary/aromatic N) is 1. The first-order valence-electron chi connectivity index (χ1n) is 8.35. The Morgan fingerprint density at radius 1 is 1.15 bits per heavy atom. The molecule has 0 unspecified atom stereocenters. The highest BCUT2D eigenvalue weighted by atomic mass is 16.2. The Labute approximate surface area is 150 Å². The molecule has 0 fully saturated rings. The van der Waals surface area contributed by atoms with E-state index in [1.807, 2.05) is 25.1 Å². The van der Waals surface area contributed by atoms with Crippen molar-refractivity contribution in [3.05, 3.63) is 75.8 Å². The summed E-state index contributed by atoms with van der Waals surface area (Å²) in [6, 6.07) is 10.9. The normalized spacial score (nSPS) is 10.7. The number of carbonyl (C=O) groups excluding carboxylic acids is 2. The van der Waals surface area contributed by atoms with Gasteiger partial charge in [0.25, 0.3) is 5.56 Å². The van der Waals surface area contributed by atoms with Crippen LogP contribution < -0.4 is 10.9 Å². The summed E-state index contributed by atoms with van der Waals surface area (Å²) >= 11 is 0. The second kappa shape index (κ2) is 7.74. The Hall–Kier alpha value is -3.28. The van der Waals surface area contributed by atoms with Crippen LogP contribution in [0.25, 0.3) is 10.9 Å². The number of pyridine rings is 2. The van der Waals surface area contributed by atoms with Crippen molar-refractivity contribution in [3.8, 4) is 0 Å². The molecule has 0 radical (unpaired) electrons. The second-order valence-corrected chi connectivity index (χ2v) is 6.16. The number of fused-ring (bicyclic) bond motifs is 1. The maximum absolute atomic E-state index is 12.1. The molecule has 132 valence electrons. The van der Waals surface area contributed by atoms with Gasteiger partial charge in [0.15, 0.2) is 5.78 Å². The van der Waals surface area contributed by atoms with E-state index in [0.717, 1.165) is 16.5 Å². The van der Waals surface area contributed by atoms with Gasteiger partial charge in [-0.15, -0.1) is 0 Å². The minimum atomic E-state index is -0.272. The van der Waals surface area contributed by atoms with Crippen molar-refractivity contribution in [1.82, 2.24) is 15.3 Å². The Balaban J connectivity index is 1.59. The molecule has 0 aliphatic heterocycles. The van der Waals surface area contributed by atoms with E-state index in [0.29, 0.717) is 11.1 Å². The van der Waals surface area contributed by atoms with Crippen molar-refractivity contribution in [2.45, 2.75) is 26.3 Å². The lowest BCUT2D eigenvalue weighted by atomic mass is 10.1. The van der Waals surface area contributed by atoms with Crippen LogP contribution in [0.1, 0.15) is 34.3 Å². The van der Waals surface area contributed by atoms with Crippen LogP contribution >= 0.6 is 0 Å². The van der Waals surface area contributed by atoms with E-state index < -0.39 is 0 Å². The van der Waals surface area contributed by atoms with Gasteiger partial charge in [0, 0.05) is 48.4 Å². The van der Waals surface area contributed by atoms with Crippen LogP contribution in [-0.4, -0.2) is 21.7 Å². The number of ketones is 1. The summed E-state index contributed by atoms with van der Waals surface area (Å²) in [6.45, 7) is 2.10. The summed E-state index contributed by atoms with van der Waals surface area (Å²) in [7, 11) is 0. The molecule has 6 heteroatoms. The number of aryl methyl sites for hydroxylation is 1. The van der Waals surface area contributed by atoms with Crippen molar-refractivity contribution in [2.24, 2.45) is 0 Å². The van der Waals surface area contributed by atoms with Crippen LogP contribution in [0.4, 0.5) is 0 Å². The number of hydrogen-bond donors (Lipinski definition) is 2. The van der Waals surface area contributed by atoms with E-state index in [-0.39, 0.29) is 36.6 Å². The molecule has 0 aliphatic carbocycles. The number of amides is 1. The molecule has 0 bridgehead atoms. The zero-order valence-electron chi connectivity index (χ0n) is 14.4. The van der Waals surface area contributed by atoms with Gasteiger partial charge in [-0.1, -0.05) is 11.6 Å². The number of carbonyl (C=O) groups is 2. The molecule has 2 aromatic heterocycles. The van der Waals surface area contributed by atoms with Gasteiger partial charge < -0.3 is 10.3 Å². The maximum atomic E-state index is 12.1. The smallest absolute Gasteiger partial charge is 0.253 e. The SMILES string of the molecule is Cc1ccc2[nH]c(=O)c(CNC(=O)CCC(=O)c3cccnc3)cc2c1. The first kappa shape index (κ1) is 17.5. The van der Waals surface area contributed by atoms with E-state index in [1.165, 1.54) is 6.20 Å². The van der Waals surface area contributed by atoms with E-state index in [1.54, 1.807) is 24.4 Å². The minimum absolute atomic E-state index is 0.0678. The quantitative estimate of drug-likeness (QED) is 0.669. The van der Waals surface area contributed by atoms with Gasteiger partial charge in [-0.05, 0) is 42.6 Å². The summed E-state index contributed by atoms with van der Waals surface area (Å²) in [4.78, 5) is 42.8. The molecule has 0 spiro atoms. The number of benzene rings is 1. The molecule has 0 atom stereocenters. The van der Waals surface area contributed by atoms with E-state index in [9.17, 15) is 14.4 Å². The fourth-order valence-corrected chi connectivity index (χ4v) is 2.68. The zero-order valence-corrected chi connectivity index (χ0v) is 14.4. The van der Waals surface area contributed by atoms with Crippen molar-refractivity contribution in [3.63, 3.8) is 0 Å². The van der Waals surface area contributed by atoms with Gasteiger partial charge in [0.1, 0.15) is 0 Å². The summed E-state index contributed by atoms with van der Waals surface area (Å²) in [5.74, 6) is -0.404. The van der Waals surface area contributed by atoms with Crippen molar-refractivity contribution < 1.29 is 9.59 Å². The topological polar surface area (TPSA) is 91.9 Å². The minimum Gasteiger partial charge on any atom is -0.352 e. The molecule has 3 aromatic rings. The van der Waals surface area contributed by atoms with Crippen LogP contribution in [0.2, 0.25) is 0 Å². The van der Waals surface area contributed by atoms with E-state index in [2.05, 4.69) is 15.3 Å². The summed E-state index contributed by atoms with van der Waals surface area (Å²) in [5.41, 5.74) is 2.59. The lowest BCUT2D eigenvalue weighted by Crippen LogP contribution is -2.27. The van der Waals surface area contributed by atoms with Crippen LogP contribution in [0, 0.1) is 6.92 Å². The molecule has 6 nitrogen and oxygen atoms in total. The van der Waals surface area contributed by atoms with Crippen LogP contribution in [0.15, 0.2) is 53.6 Å². The highest BCUT2D eigenvalue weighted by Gasteiger charge is 2.10. The molecule has 1 aromatic carbocycles. The summed E-state index contributed by atoms with van der Waals surface area (Å²) < 4.78 is 0. The fourth-order valence-electron chi connectivity index (χ4n) is 2.68. The molecule has 2 heterocycles. The number of rotatable bonds is 6. The first-order chi connectivity index (χ1) is 12.5. The number of aromatic nitrogens is 2. The number of Topliss-reactive ketones (excluding diaryl/α,β-unsaturated/α-hetero) is 1. The molecule has 0 aliphatic rings. The number of hydrogen-bond acceptors (Lipinski definition) is 4. The number of aromatic amines is 1. The molecule has 26 heavy (non-hydrogen) atoms. The number of nitrogens with one attached hydrogen (secondary N) is 2. The summed E-state index contributed by atoms with van der Waals surface area (Å²) in [5, 5.41) is 3.62. The molecule has 1 amide bonds. The van der Waals surface area contributed by atoms with Crippen LogP contribution in [-0.2, 0) is 11.3 Å². The zero-order chi connectivity index (χ0) is 18.5. The molecule has 0 saturated heterocycles. The molecule has 3 rings (SSSR count). The summed E-state index contributed by atoms with van der Waals surface area (Å²) in [6.07, 6.45) is 3.24. The third kappa shape index (κ3) is 4.22. The Morgan fingerprint density at radius 3 is 2.77 bits per heavy atom. The van der Waals surface area contributed by atoms with Crippen molar-refractivity contribution in [2.75, 3.05) is 0 Å². The van der Waals surface area contributed by atoms with Crippen molar-refractivity contribution in [1.29, 1.82) is 0 Å². The van der Waals surface area contributed by atoms with Gasteiger partial charge in [-0.3, -0.25) is 19.4 Å². The lowest BCUT2D eigenvalue weighted by molar-refractivity contribution is -0.121. The monoisotopic (exact) mass is 349 g/mol. The third-order valence-electron chi connectivity index (χ3n) is 4.12. The maximum Gasteiger partial charge on any atom is 0.253 e. The second-order valence-electron chi connectivity index (χ2n) is 6.16. The predicted molar refractivity (Wildman–Crippen MR) is 99.0 cm³/mol.